The summed E-state index contributed by atoms with van der Waals surface area (Å²) in [6.07, 6.45) is 4.86. The van der Waals surface area contributed by atoms with Crippen LogP contribution < -0.4 is 5.32 Å². The van der Waals surface area contributed by atoms with Crippen LogP contribution in [0.5, 0.6) is 0 Å². The lowest BCUT2D eigenvalue weighted by Gasteiger charge is -2.12. The molecule has 8 nitrogen and oxygen atoms in total. The highest BCUT2D eigenvalue weighted by Crippen LogP contribution is 2.25. The molecule has 0 aromatic carbocycles. The summed E-state index contributed by atoms with van der Waals surface area (Å²) in [5, 5.41) is 6.51. The molecule has 164 valence electrons. The molecule has 4 rings (SSSR count). The van der Waals surface area contributed by atoms with E-state index < -0.39 is 18.0 Å². The Morgan fingerprint density at radius 3 is 2.66 bits per heavy atom. The van der Waals surface area contributed by atoms with Crippen LogP contribution in [0.15, 0.2) is 55.4 Å². The molecule has 10 heteroatoms. The predicted octanol–water partition coefficient (Wildman–Crippen LogP) is 4.61. The number of hydrogen-bond acceptors (Lipinski definition) is 5. The Labute approximate surface area is 183 Å². The highest BCUT2D eigenvalue weighted by Gasteiger charge is 2.24. The van der Waals surface area contributed by atoms with Gasteiger partial charge < -0.3 is 9.88 Å². The van der Waals surface area contributed by atoms with Gasteiger partial charge in [-0.1, -0.05) is 6.07 Å². The van der Waals surface area contributed by atoms with Crippen molar-refractivity contribution in [2.45, 2.75) is 33.2 Å². The summed E-state index contributed by atoms with van der Waals surface area (Å²) in [7, 11) is 0. The molecule has 0 aliphatic rings. The van der Waals surface area contributed by atoms with Crippen LogP contribution in [0.3, 0.4) is 0 Å². The summed E-state index contributed by atoms with van der Waals surface area (Å²) in [6, 6.07) is 7.02. The molecule has 0 aliphatic heterocycles. The van der Waals surface area contributed by atoms with Gasteiger partial charge in [0.1, 0.15) is 11.5 Å². The standard InChI is InChI=1S/C22H21F2N7O/c1-13(2)30-12-26-10-18(30)17-5-4-6-19(27-17)28-22(32)16-11-31(29-20(16)21(23)24)15-7-14(3)8-25-9-15/h4-13,21H,1-3H3,(H,27,28,32). The largest absolute Gasteiger partial charge is 0.327 e. The Hall–Kier alpha value is -3.95. The molecule has 32 heavy (non-hydrogen) atoms. The van der Waals surface area contributed by atoms with Gasteiger partial charge in [-0.2, -0.15) is 5.10 Å². The van der Waals surface area contributed by atoms with Crippen LogP contribution >= 0.6 is 0 Å². The van der Waals surface area contributed by atoms with Gasteiger partial charge in [-0.25, -0.2) is 23.4 Å². The van der Waals surface area contributed by atoms with Crippen molar-refractivity contribution in [3.05, 3.63) is 72.2 Å². The van der Waals surface area contributed by atoms with Crippen LogP contribution in [-0.2, 0) is 0 Å². The fourth-order valence-corrected chi connectivity index (χ4v) is 3.27. The molecular weight excluding hydrogens is 416 g/mol. The van der Waals surface area contributed by atoms with Crippen molar-refractivity contribution in [2.24, 2.45) is 0 Å². The van der Waals surface area contributed by atoms with Crippen LogP contribution in [0.4, 0.5) is 14.6 Å². The maximum absolute atomic E-state index is 13.6. The van der Waals surface area contributed by atoms with E-state index in [1.54, 1.807) is 43.0 Å². The van der Waals surface area contributed by atoms with Crippen molar-refractivity contribution >= 4 is 11.7 Å². The molecule has 4 aromatic rings. The van der Waals surface area contributed by atoms with E-state index in [4.69, 9.17) is 0 Å². The summed E-state index contributed by atoms with van der Waals surface area (Å²) < 4.78 is 30.4. The Kier molecular flexibility index (Phi) is 5.76. The summed E-state index contributed by atoms with van der Waals surface area (Å²) in [5.41, 5.74) is 1.85. The van der Waals surface area contributed by atoms with Crippen molar-refractivity contribution < 1.29 is 13.6 Å². The third-order valence-corrected chi connectivity index (χ3v) is 4.79. The normalized spacial score (nSPS) is 11.3. The first-order chi connectivity index (χ1) is 15.3. The van der Waals surface area contributed by atoms with Crippen molar-refractivity contribution in [3.8, 4) is 17.1 Å². The zero-order chi connectivity index (χ0) is 22.8. The first kappa shape index (κ1) is 21.3. The lowest BCUT2D eigenvalue weighted by Crippen LogP contribution is -2.14. The second-order valence-corrected chi connectivity index (χ2v) is 7.54. The summed E-state index contributed by atoms with van der Waals surface area (Å²) in [6.45, 7) is 5.86. The van der Waals surface area contributed by atoms with Gasteiger partial charge in [0.05, 0.1) is 41.4 Å². The third-order valence-electron chi connectivity index (χ3n) is 4.79. The van der Waals surface area contributed by atoms with Gasteiger partial charge in [0.15, 0.2) is 0 Å². The number of nitrogens with one attached hydrogen (secondary N) is 1. The average molecular weight is 437 g/mol. The number of aryl methyl sites for hydroxylation is 1. The van der Waals surface area contributed by atoms with E-state index in [0.29, 0.717) is 11.4 Å². The highest BCUT2D eigenvalue weighted by atomic mass is 19.3. The number of halogens is 2. The quantitative estimate of drug-likeness (QED) is 0.476. The van der Waals surface area contributed by atoms with Crippen LogP contribution in [0.25, 0.3) is 17.1 Å². The molecule has 0 bridgehead atoms. The van der Waals surface area contributed by atoms with E-state index in [2.05, 4.69) is 25.4 Å². The van der Waals surface area contributed by atoms with Crippen LogP contribution in [0, 0.1) is 6.92 Å². The molecule has 4 aromatic heterocycles. The van der Waals surface area contributed by atoms with E-state index in [1.807, 2.05) is 25.3 Å². The molecule has 1 amide bonds. The van der Waals surface area contributed by atoms with Gasteiger partial charge in [0.25, 0.3) is 12.3 Å². The second-order valence-electron chi connectivity index (χ2n) is 7.54. The fourth-order valence-electron chi connectivity index (χ4n) is 3.27. The first-order valence-electron chi connectivity index (χ1n) is 9.94. The number of rotatable bonds is 6. The second kappa shape index (κ2) is 8.66. The molecule has 0 saturated carbocycles. The van der Waals surface area contributed by atoms with E-state index in [1.165, 1.54) is 17.1 Å². The Morgan fingerprint density at radius 1 is 1.12 bits per heavy atom. The van der Waals surface area contributed by atoms with Crippen molar-refractivity contribution in [1.29, 1.82) is 0 Å². The average Bonchev–Trinajstić information content (AvgIpc) is 3.42. The van der Waals surface area contributed by atoms with E-state index in [9.17, 15) is 13.6 Å². The van der Waals surface area contributed by atoms with Gasteiger partial charge >= 0.3 is 0 Å². The number of alkyl halides is 2. The zero-order valence-corrected chi connectivity index (χ0v) is 17.7. The van der Waals surface area contributed by atoms with E-state index in [0.717, 1.165) is 11.3 Å². The monoisotopic (exact) mass is 437 g/mol. The first-order valence-corrected chi connectivity index (χ1v) is 9.94. The minimum Gasteiger partial charge on any atom is -0.327 e. The maximum Gasteiger partial charge on any atom is 0.282 e. The molecule has 0 spiro atoms. The third kappa shape index (κ3) is 4.25. The molecule has 0 radical (unpaired) electrons. The van der Waals surface area contributed by atoms with Crippen LogP contribution in [0.1, 0.15) is 47.9 Å². The van der Waals surface area contributed by atoms with E-state index in [-0.39, 0.29) is 17.4 Å². The van der Waals surface area contributed by atoms with Crippen molar-refractivity contribution in [3.63, 3.8) is 0 Å². The fraction of sp³-hybridized carbons (Fsp3) is 0.227. The minimum absolute atomic E-state index is 0.170. The Bertz CT molecular complexity index is 1260. The molecule has 1 N–H and O–H groups in total. The molecule has 0 aliphatic carbocycles. The smallest absolute Gasteiger partial charge is 0.282 e. The topological polar surface area (TPSA) is 90.5 Å². The van der Waals surface area contributed by atoms with Crippen LogP contribution in [0.2, 0.25) is 0 Å². The molecular formula is C22H21F2N7O. The Morgan fingerprint density at radius 2 is 1.94 bits per heavy atom. The number of aromatic nitrogens is 6. The van der Waals surface area contributed by atoms with Gasteiger partial charge in [-0.05, 0) is 44.5 Å². The molecule has 0 unspecified atom stereocenters. The number of amides is 1. The number of hydrogen-bond donors (Lipinski definition) is 1. The molecule has 0 saturated heterocycles. The number of nitrogens with zero attached hydrogens (tertiary/aromatic N) is 6. The lowest BCUT2D eigenvalue weighted by molar-refractivity contribution is 0.101. The Balaban J connectivity index is 1.64. The number of anilines is 1. The van der Waals surface area contributed by atoms with Crippen molar-refractivity contribution in [1.82, 2.24) is 29.3 Å². The van der Waals surface area contributed by atoms with Gasteiger partial charge in [0, 0.05) is 18.4 Å². The molecule has 0 fully saturated rings. The number of pyridine rings is 2. The maximum atomic E-state index is 13.6. The predicted molar refractivity (Wildman–Crippen MR) is 115 cm³/mol. The van der Waals surface area contributed by atoms with Crippen molar-refractivity contribution in [2.75, 3.05) is 5.32 Å². The number of carbonyl (C=O) groups excluding carboxylic acids is 1. The summed E-state index contributed by atoms with van der Waals surface area (Å²) in [4.78, 5) is 25.5. The molecule has 4 heterocycles. The highest BCUT2D eigenvalue weighted by molar-refractivity contribution is 6.04. The SMILES string of the molecule is Cc1cncc(-n2cc(C(=O)Nc3cccc(-c4cncn4C(C)C)n3)c(C(F)F)n2)c1. The number of imidazole rings is 1. The summed E-state index contributed by atoms with van der Waals surface area (Å²) in [5.74, 6) is -0.497. The number of carbonyl (C=O) groups is 1. The van der Waals surface area contributed by atoms with Gasteiger partial charge in [-0.15, -0.1) is 0 Å². The van der Waals surface area contributed by atoms with Crippen LogP contribution in [-0.4, -0.2) is 35.2 Å². The zero-order valence-electron chi connectivity index (χ0n) is 17.7. The summed E-state index contributed by atoms with van der Waals surface area (Å²) >= 11 is 0. The van der Waals surface area contributed by atoms with E-state index >= 15 is 0 Å². The van der Waals surface area contributed by atoms with Gasteiger partial charge in [-0.3, -0.25) is 9.78 Å². The van der Waals surface area contributed by atoms with Gasteiger partial charge in [0.2, 0.25) is 0 Å². The lowest BCUT2D eigenvalue weighted by atomic mass is 10.2. The molecule has 0 atom stereocenters. The minimum atomic E-state index is -2.92.